The summed E-state index contributed by atoms with van der Waals surface area (Å²) < 4.78 is 1.42. The first kappa shape index (κ1) is 18.1. The SMILES string of the molecule is C[C@H]1[C@H](C)CCC[C@@H]1NC(=O)NC(=O)Cn1ncc(=O)c2ccccc21. The van der Waals surface area contributed by atoms with Crippen LogP contribution >= 0.6 is 0 Å². The number of rotatable bonds is 3. The number of hydrogen-bond acceptors (Lipinski definition) is 4. The van der Waals surface area contributed by atoms with Gasteiger partial charge in [0.05, 0.1) is 11.7 Å². The van der Waals surface area contributed by atoms with Gasteiger partial charge in [0, 0.05) is 11.4 Å². The van der Waals surface area contributed by atoms with Gasteiger partial charge < -0.3 is 5.32 Å². The van der Waals surface area contributed by atoms with Gasteiger partial charge in [-0.1, -0.05) is 38.8 Å². The Morgan fingerprint density at radius 1 is 1.23 bits per heavy atom. The Balaban J connectivity index is 1.63. The molecule has 1 saturated carbocycles. The number of imide groups is 1. The molecule has 0 unspecified atom stereocenters. The summed E-state index contributed by atoms with van der Waals surface area (Å²) in [6.07, 6.45) is 4.36. The predicted octanol–water partition coefficient (Wildman–Crippen LogP) is 2.05. The van der Waals surface area contributed by atoms with E-state index in [1.54, 1.807) is 24.3 Å². The van der Waals surface area contributed by atoms with Gasteiger partial charge in [0.25, 0.3) is 0 Å². The molecule has 1 aromatic carbocycles. The quantitative estimate of drug-likeness (QED) is 0.880. The molecule has 2 aromatic rings. The van der Waals surface area contributed by atoms with Gasteiger partial charge in [0.2, 0.25) is 11.3 Å². The number of nitrogens with one attached hydrogen (secondary N) is 2. The van der Waals surface area contributed by atoms with Gasteiger partial charge in [-0.3, -0.25) is 19.6 Å². The molecule has 1 aliphatic carbocycles. The van der Waals surface area contributed by atoms with Crippen LogP contribution < -0.4 is 16.1 Å². The summed E-state index contributed by atoms with van der Waals surface area (Å²) in [6.45, 7) is 4.19. The Bertz CT molecular complexity index is 876. The Morgan fingerprint density at radius 2 is 2.00 bits per heavy atom. The number of urea groups is 1. The van der Waals surface area contributed by atoms with Crippen molar-refractivity contribution in [1.29, 1.82) is 0 Å². The summed E-state index contributed by atoms with van der Waals surface area (Å²) in [4.78, 5) is 36.2. The Hall–Kier alpha value is -2.70. The van der Waals surface area contributed by atoms with E-state index in [0.29, 0.717) is 22.7 Å². The van der Waals surface area contributed by atoms with Crippen LogP contribution in [0.15, 0.2) is 35.3 Å². The van der Waals surface area contributed by atoms with Crippen molar-refractivity contribution >= 4 is 22.8 Å². The minimum absolute atomic E-state index is 0.0814. The van der Waals surface area contributed by atoms with Crippen molar-refractivity contribution in [2.24, 2.45) is 11.8 Å². The maximum absolute atomic E-state index is 12.2. The number of nitrogens with zero attached hydrogens (tertiary/aromatic N) is 2. The van der Waals surface area contributed by atoms with Crippen molar-refractivity contribution in [1.82, 2.24) is 20.4 Å². The molecular formula is C19H24N4O3. The van der Waals surface area contributed by atoms with Gasteiger partial charge in [-0.2, -0.15) is 5.10 Å². The molecule has 0 bridgehead atoms. The Kier molecular flexibility index (Phi) is 5.35. The predicted molar refractivity (Wildman–Crippen MR) is 98.6 cm³/mol. The number of carbonyl (C=O) groups excluding carboxylic acids is 2. The summed E-state index contributed by atoms with van der Waals surface area (Å²) in [6, 6.07) is 6.54. The fraction of sp³-hybridized carbons (Fsp3) is 0.474. The largest absolute Gasteiger partial charge is 0.335 e. The van der Waals surface area contributed by atoms with Crippen LogP contribution in [-0.2, 0) is 11.3 Å². The minimum atomic E-state index is -0.480. The van der Waals surface area contributed by atoms with E-state index >= 15 is 0 Å². The molecule has 3 atom stereocenters. The standard InChI is InChI=1S/C19H24N4O3/c1-12-6-5-8-15(13(12)2)21-19(26)22-18(25)11-23-16-9-4-3-7-14(16)17(24)10-20-23/h3-4,7,9-10,12-13,15H,5-6,8,11H2,1-2H3,(H2,21,22,25,26)/t12-,13+,15+/m1/s1. The summed E-state index contributed by atoms with van der Waals surface area (Å²) in [5.74, 6) is 0.468. The lowest BCUT2D eigenvalue weighted by Gasteiger charge is -2.34. The summed E-state index contributed by atoms with van der Waals surface area (Å²) >= 11 is 0. The van der Waals surface area contributed by atoms with Crippen LogP contribution in [0, 0.1) is 11.8 Å². The molecule has 26 heavy (non-hydrogen) atoms. The molecule has 1 fully saturated rings. The first-order valence-electron chi connectivity index (χ1n) is 9.01. The third-order valence-electron chi connectivity index (χ3n) is 5.33. The lowest BCUT2D eigenvalue weighted by Crippen LogP contribution is -2.49. The molecule has 138 valence electrons. The van der Waals surface area contributed by atoms with E-state index < -0.39 is 11.9 Å². The van der Waals surface area contributed by atoms with Gasteiger partial charge in [0.1, 0.15) is 6.54 Å². The van der Waals surface area contributed by atoms with Gasteiger partial charge in [-0.15, -0.1) is 0 Å². The van der Waals surface area contributed by atoms with E-state index in [1.807, 2.05) is 0 Å². The van der Waals surface area contributed by atoms with E-state index in [0.717, 1.165) is 12.8 Å². The van der Waals surface area contributed by atoms with Crippen LogP contribution in [0.4, 0.5) is 4.79 Å². The molecular weight excluding hydrogens is 332 g/mol. The van der Waals surface area contributed by atoms with Gasteiger partial charge in [-0.05, 0) is 30.4 Å². The van der Waals surface area contributed by atoms with E-state index in [-0.39, 0.29) is 18.0 Å². The minimum Gasteiger partial charge on any atom is -0.335 e. The van der Waals surface area contributed by atoms with E-state index in [4.69, 9.17) is 0 Å². The van der Waals surface area contributed by atoms with E-state index in [1.165, 1.54) is 17.3 Å². The van der Waals surface area contributed by atoms with Crippen molar-refractivity contribution in [2.45, 2.75) is 45.7 Å². The molecule has 0 radical (unpaired) electrons. The van der Waals surface area contributed by atoms with Crippen LogP contribution in [0.2, 0.25) is 0 Å². The average molecular weight is 356 g/mol. The highest BCUT2D eigenvalue weighted by Crippen LogP contribution is 2.29. The second-order valence-corrected chi connectivity index (χ2v) is 7.08. The van der Waals surface area contributed by atoms with Crippen LogP contribution in [0.5, 0.6) is 0 Å². The third-order valence-corrected chi connectivity index (χ3v) is 5.33. The zero-order valence-electron chi connectivity index (χ0n) is 15.1. The second-order valence-electron chi connectivity index (χ2n) is 7.08. The maximum atomic E-state index is 12.2. The van der Waals surface area contributed by atoms with Crippen molar-refractivity contribution in [3.8, 4) is 0 Å². The number of benzene rings is 1. The van der Waals surface area contributed by atoms with Gasteiger partial charge in [0.15, 0.2) is 0 Å². The molecule has 3 rings (SSSR count). The van der Waals surface area contributed by atoms with Gasteiger partial charge in [-0.25, -0.2) is 4.79 Å². The lowest BCUT2D eigenvalue weighted by molar-refractivity contribution is -0.120. The smallest absolute Gasteiger partial charge is 0.321 e. The molecule has 7 nitrogen and oxygen atoms in total. The first-order chi connectivity index (χ1) is 12.5. The van der Waals surface area contributed by atoms with Crippen LogP contribution in [0.1, 0.15) is 33.1 Å². The van der Waals surface area contributed by atoms with Gasteiger partial charge >= 0.3 is 6.03 Å². The van der Waals surface area contributed by atoms with Crippen LogP contribution in [0.25, 0.3) is 10.9 Å². The molecule has 3 amide bonds. The molecule has 0 spiro atoms. The fourth-order valence-corrected chi connectivity index (χ4v) is 3.58. The highest BCUT2D eigenvalue weighted by molar-refractivity contribution is 5.94. The summed E-state index contributed by atoms with van der Waals surface area (Å²) in [7, 11) is 0. The topological polar surface area (TPSA) is 93.1 Å². The van der Waals surface area contributed by atoms with Crippen molar-refractivity contribution in [3.05, 3.63) is 40.7 Å². The highest BCUT2D eigenvalue weighted by Gasteiger charge is 2.28. The molecule has 7 heteroatoms. The zero-order chi connectivity index (χ0) is 18.7. The monoisotopic (exact) mass is 356 g/mol. The Morgan fingerprint density at radius 3 is 2.81 bits per heavy atom. The summed E-state index contributed by atoms with van der Waals surface area (Å²) in [5, 5.41) is 9.77. The molecule has 0 aliphatic heterocycles. The van der Waals surface area contributed by atoms with Crippen LogP contribution in [-0.4, -0.2) is 27.8 Å². The fourth-order valence-electron chi connectivity index (χ4n) is 3.58. The first-order valence-corrected chi connectivity index (χ1v) is 9.01. The second kappa shape index (κ2) is 7.68. The van der Waals surface area contributed by atoms with Crippen molar-refractivity contribution in [3.63, 3.8) is 0 Å². The number of amides is 3. The summed E-state index contributed by atoms with van der Waals surface area (Å²) in [5.41, 5.74) is 0.362. The molecule has 1 aliphatic rings. The molecule has 0 saturated heterocycles. The normalized spacial score (nSPS) is 22.8. The number of carbonyl (C=O) groups is 2. The van der Waals surface area contributed by atoms with E-state index in [2.05, 4.69) is 29.6 Å². The lowest BCUT2D eigenvalue weighted by atomic mass is 9.78. The highest BCUT2D eigenvalue weighted by atomic mass is 16.2. The molecule has 1 heterocycles. The van der Waals surface area contributed by atoms with E-state index in [9.17, 15) is 14.4 Å². The molecule has 1 aromatic heterocycles. The number of hydrogen-bond donors (Lipinski definition) is 2. The Labute approximate surface area is 151 Å². The maximum Gasteiger partial charge on any atom is 0.321 e. The average Bonchev–Trinajstić information content (AvgIpc) is 2.61. The van der Waals surface area contributed by atoms with Crippen LogP contribution in [0.3, 0.4) is 0 Å². The van der Waals surface area contributed by atoms with Crippen molar-refractivity contribution in [2.75, 3.05) is 0 Å². The zero-order valence-corrected chi connectivity index (χ0v) is 15.1. The number of para-hydroxylation sites is 1. The number of fused-ring (bicyclic) bond motifs is 1. The molecule has 2 N–H and O–H groups in total. The van der Waals surface area contributed by atoms with Crippen molar-refractivity contribution < 1.29 is 9.59 Å². The third kappa shape index (κ3) is 3.92. The number of aromatic nitrogens is 2.